The van der Waals surface area contributed by atoms with Crippen molar-refractivity contribution in [2.24, 2.45) is 5.92 Å². The molecule has 1 aliphatic carbocycles. The summed E-state index contributed by atoms with van der Waals surface area (Å²) in [5.74, 6) is -0.195. The van der Waals surface area contributed by atoms with Gasteiger partial charge in [0.05, 0.1) is 13.2 Å². The Bertz CT molecular complexity index is 1100. The second kappa shape index (κ2) is 9.90. The molecule has 1 aromatic heterocycles. The van der Waals surface area contributed by atoms with E-state index in [1.807, 2.05) is 45.0 Å². The molecule has 4 rings (SSSR count). The third-order valence-corrected chi connectivity index (χ3v) is 6.47. The normalized spacial score (nSPS) is 21.8. The molecule has 35 heavy (non-hydrogen) atoms. The van der Waals surface area contributed by atoms with Gasteiger partial charge in [0.1, 0.15) is 17.7 Å². The zero-order valence-corrected chi connectivity index (χ0v) is 20.5. The van der Waals surface area contributed by atoms with E-state index < -0.39 is 23.8 Å². The molecule has 0 spiro atoms. The van der Waals surface area contributed by atoms with Crippen LogP contribution in [0.2, 0.25) is 0 Å². The fourth-order valence-corrected chi connectivity index (χ4v) is 4.93. The summed E-state index contributed by atoms with van der Waals surface area (Å²) >= 11 is 0. The molecular formula is C26H31N5O4. The van der Waals surface area contributed by atoms with Crippen LogP contribution in [0.1, 0.15) is 45.6 Å². The third kappa shape index (κ3) is 5.53. The first kappa shape index (κ1) is 24.5. The quantitative estimate of drug-likeness (QED) is 0.677. The zero-order chi connectivity index (χ0) is 25.2. The van der Waals surface area contributed by atoms with Crippen LogP contribution in [0.15, 0.2) is 36.7 Å². The van der Waals surface area contributed by atoms with Crippen molar-refractivity contribution in [1.82, 2.24) is 20.2 Å². The van der Waals surface area contributed by atoms with Gasteiger partial charge in [-0.25, -0.2) is 14.8 Å². The van der Waals surface area contributed by atoms with Crippen LogP contribution in [-0.2, 0) is 16.0 Å². The second-order valence-corrected chi connectivity index (χ2v) is 10.1. The zero-order valence-electron chi connectivity index (χ0n) is 20.5. The highest BCUT2D eigenvalue weighted by atomic mass is 16.6. The lowest BCUT2D eigenvalue weighted by Gasteiger charge is -2.35. The summed E-state index contributed by atoms with van der Waals surface area (Å²) < 4.78 is 10.6. The van der Waals surface area contributed by atoms with Crippen molar-refractivity contribution in [2.75, 3.05) is 7.11 Å². The average molecular weight is 478 g/mol. The number of rotatable bonds is 6. The molecule has 2 heterocycles. The van der Waals surface area contributed by atoms with E-state index in [4.69, 9.17) is 9.47 Å². The molecule has 184 valence electrons. The van der Waals surface area contributed by atoms with Gasteiger partial charge < -0.3 is 14.8 Å². The van der Waals surface area contributed by atoms with Gasteiger partial charge in [0.2, 0.25) is 5.91 Å². The molecule has 2 fully saturated rings. The molecule has 9 nitrogen and oxygen atoms in total. The minimum absolute atomic E-state index is 0.0145. The Morgan fingerprint density at radius 3 is 2.46 bits per heavy atom. The van der Waals surface area contributed by atoms with Gasteiger partial charge >= 0.3 is 12.1 Å². The fourth-order valence-electron chi connectivity index (χ4n) is 4.93. The first-order valence-electron chi connectivity index (χ1n) is 11.8. The first-order chi connectivity index (χ1) is 16.7. The van der Waals surface area contributed by atoms with Crippen LogP contribution in [0.3, 0.4) is 0 Å². The number of amides is 2. The minimum Gasteiger partial charge on any atom is -0.467 e. The predicted molar refractivity (Wildman–Crippen MR) is 128 cm³/mol. The topological polar surface area (TPSA) is 117 Å². The van der Waals surface area contributed by atoms with Crippen LogP contribution >= 0.6 is 0 Å². The average Bonchev–Trinajstić information content (AvgIpc) is 3.45. The molecule has 2 bridgehead atoms. The molecule has 1 saturated heterocycles. The van der Waals surface area contributed by atoms with Gasteiger partial charge in [0, 0.05) is 30.4 Å². The Morgan fingerprint density at radius 1 is 1.17 bits per heavy atom. The summed E-state index contributed by atoms with van der Waals surface area (Å²) in [5.41, 5.74) is 2.05. The van der Waals surface area contributed by atoms with Crippen molar-refractivity contribution in [3.05, 3.63) is 42.2 Å². The number of nitriles is 1. The Balaban J connectivity index is 1.41. The molecule has 2 amide bonds. The maximum Gasteiger partial charge on any atom is 0.411 e. The molecule has 1 N–H and O–H groups in total. The minimum atomic E-state index is -0.711. The molecule has 0 unspecified atom stereocenters. The number of aromatic nitrogens is 2. The Labute approximate surface area is 205 Å². The van der Waals surface area contributed by atoms with Crippen molar-refractivity contribution in [2.45, 2.75) is 70.2 Å². The monoisotopic (exact) mass is 477 g/mol. The number of carbonyl (C=O) groups is 2. The maximum atomic E-state index is 13.2. The molecule has 4 atom stereocenters. The molecule has 2 aromatic rings. The van der Waals surface area contributed by atoms with Crippen LogP contribution in [0, 0.1) is 17.2 Å². The van der Waals surface area contributed by atoms with E-state index in [9.17, 15) is 14.9 Å². The Kier molecular flexibility index (Phi) is 6.92. The van der Waals surface area contributed by atoms with Crippen LogP contribution in [-0.4, -0.2) is 57.7 Å². The SMILES string of the molecule is COc1ncc(-c2ccc(C[C@@H](C#N)NC(=O)[C@@H]3[C@H]4CC[C@H](C4)N3C(=O)OC(C)(C)C)cc2)cn1. The number of methoxy groups -OCH3 is 1. The summed E-state index contributed by atoms with van der Waals surface area (Å²) in [6.07, 6.45) is 5.84. The van der Waals surface area contributed by atoms with Gasteiger partial charge in [-0.3, -0.25) is 9.69 Å². The summed E-state index contributed by atoms with van der Waals surface area (Å²) in [6.45, 7) is 5.44. The predicted octanol–water partition coefficient (Wildman–Crippen LogP) is 3.49. The van der Waals surface area contributed by atoms with Crippen molar-refractivity contribution in [3.8, 4) is 23.2 Å². The molecular weight excluding hydrogens is 446 g/mol. The highest BCUT2D eigenvalue weighted by molar-refractivity contribution is 5.87. The molecule has 1 aromatic carbocycles. The second-order valence-electron chi connectivity index (χ2n) is 10.1. The van der Waals surface area contributed by atoms with E-state index in [2.05, 4.69) is 21.4 Å². The van der Waals surface area contributed by atoms with E-state index in [0.29, 0.717) is 12.4 Å². The number of nitrogens with zero attached hydrogens (tertiary/aromatic N) is 4. The van der Waals surface area contributed by atoms with Crippen molar-refractivity contribution < 1.29 is 19.1 Å². The van der Waals surface area contributed by atoms with Crippen molar-refractivity contribution in [1.29, 1.82) is 5.26 Å². The number of hydrogen-bond acceptors (Lipinski definition) is 7. The number of ether oxygens (including phenoxy) is 2. The smallest absolute Gasteiger partial charge is 0.411 e. The summed E-state index contributed by atoms with van der Waals surface area (Å²) in [4.78, 5) is 35.9. The lowest BCUT2D eigenvalue weighted by Crippen LogP contribution is -2.55. The molecule has 2 aliphatic rings. The Hall–Kier alpha value is -3.67. The largest absolute Gasteiger partial charge is 0.467 e. The lowest BCUT2D eigenvalue weighted by molar-refractivity contribution is -0.128. The highest BCUT2D eigenvalue weighted by Gasteiger charge is 2.52. The van der Waals surface area contributed by atoms with E-state index in [1.165, 1.54) is 7.11 Å². The number of likely N-dealkylation sites (tertiary alicyclic amines) is 1. The van der Waals surface area contributed by atoms with Crippen LogP contribution in [0.5, 0.6) is 6.01 Å². The highest BCUT2D eigenvalue weighted by Crippen LogP contribution is 2.43. The number of hydrogen-bond donors (Lipinski definition) is 1. The van der Waals surface area contributed by atoms with Gasteiger partial charge in [0.25, 0.3) is 0 Å². The van der Waals surface area contributed by atoms with E-state index in [1.54, 1.807) is 17.3 Å². The first-order valence-corrected chi connectivity index (χ1v) is 11.8. The van der Waals surface area contributed by atoms with Crippen molar-refractivity contribution in [3.63, 3.8) is 0 Å². The van der Waals surface area contributed by atoms with Crippen LogP contribution < -0.4 is 10.1 Å². The van der Waals surface area contributed by atoms with Gasteiger partial charge in [-0.2, -0.15) is 5.26 Å². The summed E-state index contributed by atoms with van der Waals surface area (Å²) in [6, 6.07) is 8.89. The standard InChI is InChI=1S/C26H31N5O4/c1-26(2,3)35-25(33)31-21-10-9-18(12-21)22(31)23(32)30-20(13-27)11-16-5-7-17(8-6-16)19-14-28-24(34-4)29-15-19/h5-8,14-15,18,20-22H,9-12H2,1-4H3,(H,30,32)/t18-,20-,21+,22-/m0/s1. The number of benzene rings is 1. The van der Waals surface area contributed by atoms with E-state index >= 15 is 0 Å². The number of carbonyl (C=O) groups excluding carboxylic acids is 2. The van der Waals surface area contributed by atoms with Gasteiger partial charge in [-0.1, -0.05) is 24.3 Å². The number of fused-ring (bicyclic) bond motifs is 2. The van der Waals surface area contributed by atoms with E-state index in [0.717, 1.165) is 36.0 Å². The molecule has 1 aliphatic heterocycles. The molecule has 1 saturated carbocycles. The summed E-state index contributed by atoms with van der Waals surface area (Å²) in [5, 5.41) is 12.6. The van der Waals surface area contributed by atoms with Gasteiger partial charge in [0.15, 0.2) is 0 Å². The summed E-state index contributed by atoms with van der Waals surface area (Å²) in [7, 11) is 1.51. The fraction of sp³-hybridized carbons (Fsp3) is 0.500. The van der Waals surface area contributed by atoms with E-state index in [-0.39, 0.29) is 17.9 Å². The van der Waals surface area contributed by atoms with Crippen LogP contribution in [0.4, 0.5) is 4.79 Å². The number of nitrogens with one attached hydrogen (secondary N) is 1. The number of piperidine rings is 1. The molecule has 9 heteroatoms. The lowest BCUT2D eigenvalue weighted by atomic mass is 9.97. The van der Waals surface area contributed by atoms with Gasteiger partial charge in [-0.15, -0.1) is 0 Å². The maximum absolute atomic E-state index is 13.2. The molecule has 0 radical (unpaired) electrons. The van der Waals surface area contributed by atoms with Gasteiger partial charge in [-0.05, 0) is 57.1 Å². The van der Waals surface area contributed by atoms with Crippen molar-refractivity contribution >= 4 is 12.0 Å². The van der Waals surface area contributed by atoms with Crippen LogP contribution in [0.25, 0.3) is 11.1 Å². The Morgan fingerprint density at radius 2 is 1.86 bits per heavy atom. The third-order valence-electron chi connectivity index (χ3n) is 6.47.